The van der Waals surface area contributed by atoms with Gasteiger partial charge in [-0.2, -0.15) is 0 Å². The largest absolute Gasteiger partial charge is 0.369 e. The predicted molar refractivity (Wildman–Crippen MR) is 75.3 cm³/mol. The first-order valence-corrected chi connectivity index (χ1v) is 6.85. The third-order valence-electron chi connectivity index (χ3n) is 4.02. The summed E-state index contributed by atoms with van der Waals surface area (Å²) in [7, 11) is 0. The van der Waals surface area contributed by atoms with E-state index in [0.29, 0.717) is 5.41 Å². The monoisotopic (exact) mass is 263 g/mol. The molecule has 0 atom stereocenters. The van der Waals surface area contributed by atoms with Gasteiger partial charge in [0.15, 0.2) is 0 Å². The molecule has 2 rings (SSSR count). The van der Waals surface area contributed by atoms with Crippen LogP contribution in [0.5, 0.6) is 0 Å². The lowest BCUT2D eigenvalue weighted by molar-refractivity contribution is -0.385. The van der Waals surface area contributed by atoms with Gasteiger partial charge in [-0.15, -0.1) is 0 Å². The van der Waals surface area contributed by atoms with Crippen molar-refractivity contribution in [2.24, 2.45) is 5.41 Å². The van der Waals surface area contributed by atoms with Crippen LogP contribution in [-0.4, -0.2) is 16.5 Å². The molecule has 1 N–H and O–H groups in total. The van der Waals surface area contributed by atoms with E-state index in [2.05, 4.69) is 17.2 Å². The van der Waals surface area contributed by atoms with Crippen LogP contribution in [-0.2, 0) is 0 Å². The Balaban J connectivity index is 2.01. The molecule has 1 aromatic rings. The molecule has 1 aliphatic rings. The molecular formula is C14H21N3O2. The molecule has 19 heavy (non-hydrogen) atoms. The molecule has 0 radical (unpaired) electrons. The number of aryl methyl sites for hydroxylation is 1. The molecule has 104 valence electrons. The van der Waals surface area contributed by atoms with Crippen LogP contribution < -0.4 is 5.32 Å². The van der Waals surface area contributed by atoms with Crippen molar-refractivity contribution in [2.75, 3.05) is 11.9 Å². The summed E-state index contributed by atoms with van der Waals surface area (Å²) < 4.78 is 0. The second-order valence-corrected chi connectivity index (χ2v) is 5.84. The summed E-state index contributed by atoms with van der Waals surface area (Å²) in [6.45, 7) is 5.05. The van der Waals surface area contributed by atoms with E-state index in [-0.39, 0.29) is 5.69 Å². The molecule has 0 bridgehead atoms. The molecule has 1 aliphatic carbocycles. The van der Waals surface area contributed by atoms with E-state index in [1.54, 1.807) is 6.07 Å². The van der Waals surface area contributed by atoms with Crippen molar-refractivity contribution in [3.8, 4) is 0 Å². The number of nitrogens with zero attached hydrogens (tertiary/aromatic N) is 2. The zero-order valence-corrected chi connectivity index (χ0v) is 11.6. The summed E-state index contributed by atoms with van der Waals surface area (Å²) in [5, 5.41) is 14.0. The number of nitrogens with one attached hydrogen (secondary N) is 1. The number of anilines is 1. The van der Waals surface area contributed by atoms with E-state index >= 15 is 0 Å². The lowest BCUT2D eigenvalue weighted by Crippen LogP contribution is -2.29. The van der Waals surface area contributed by atoms with Gasteiger partial charge in [-0.3, -0.25) is 10.1 Å². The number of hydrogen-bond donors (Lipinski definition) is 1. The zero-order chi connectivity index (χ0) is 13.9. The van der Waals surface area contributed by atoms with Crippen molar-refractivity contribution in [3.05, 3.63) is 27.9 Å². The molecule has 0 amide bonds. The van der Waals surface area contributed by atoms with Gasteiger partial charge >= 0.3 is 0 Å². The second kappa shape index (κ2) is 5.55. The molecule has 0 unspecified atom stereocenters. The van der Waals surface area contributed by atoms with E-state index in [9.17, 15) is 10.1 Å². The van der Waals surface area contributed by atoms with Gasteiger partial charge in [-0.25, -0.2) is 4.98 Å². The summed E-state index contributed by atoms with van der Waals surface area (Å²) in [6.07, 6.45) is 7.73. The van der Waals surface area contributed by atoms with Gasteiger partial charge in [0.05, 0.1) is 4.92 Å². The van der Waals surface area contributed by atoms with Crippen molar-refractivity contribution >= 4 is 11.5 Å². The molecule has 1 heterocycles. The lowest BCUT2D eigenvalue weighted by Gasteiger charge is -2.34. The molecule has 1 saturated carbocycles. The first-order valence-electron chi connectivity index (χ1n) is 6.85. The zero-order valence-electron chi connectivity index (χ0n) is 11.6. The average molecular weight is 263 g/mol. The van der Waals surface area contributed by atoms with Crippen molar-refractivity contribution in [3.63, 3.8) is 0 Å². The molecule has 5 heteroatoms. The van der Waals surface area contributed by atoms with Crippen LogP contribution in [0.15, 0.2) is 12.3 Å². The van der Waals surface area contributed by atoms with Crippen molar-refractivity contribution in [2.45, 2.75) is 46.0 Å². The predicted octanol–water partition coefficient (Wildman–Crippen LogP) is 3.68. The second-order valence-electron chi connectivity index (χ2n) is 5.84. The Morgan fingerprint density at radius 1 is 1.42 bits per heavy atom. The summed E-state index contributed by atoms with van der Waals surface area (Å²) in [5.41, 5.74) is 1.20. The van der Waals surface area contributed by atoms with Gasteiger partial charge in [0.2, 0.25) is 0 Å². The van der Waals surface area contributed by atoms with Crippen LogP contribution in [0.2, 0.25) is 0 Å². The van der Waals surface area contributed by atoms with Crippen molar-refractivity contribution < 1.29 is 4.92 Å². The SMILES string of the molecule is Cc1cc([N+](=O)[O-])cnc1NCC1(C)CCCCC1. The minimum atomic E-state index is -0.410. The van der Waals surface area contributed by atoms with Crippen LogP contribution in [0.1, 0.15) is 44.6 Å². The Kier molecular flexibility index (Phi) is 4.02. The van der Waals surface area contributed by atoms with Crippen LogP contribution in [0.25, 0.3) is 0 Å². The molecule has 0 spiro atoms. The fourth-order valence-corrected chi connectivity index (χ4v) is 2.72. The van der Waals surface area contributed by atoms with Crippen molar-refractivity contribution in [1.82, 2.24) is 4.98 Å². The first kappa shape index (κ1) is 13.8. The number of aromatic nitrogens is 1. The summed E-state index contributed by atoms with van der Waals surface area (Å²) >= 11 is 0. The Bertz CT molecular complexity index is 468. The van der Waals surface area contributed by atoms with Gasteiger partial charge in [0.1, 0.15) is 12.0 Å². The summed E-state index contributed by atoms with van der Waals surface area (Å²) in [5.74, 6) is 0.761. The highest BCUT2D eigenvalue weighted by Gasteiger charge is 2.26. The maximum Gasteiger partial charge on any atom is 0.287 e. The molecular weight excluding hydrogens is 242 g/mol. The maximum atomic E-state index is 10.7. The number of pyridine rings is 1. The van der Waals surface area contributed by atoms with Gasteiger partial charge in [-0.05, 0) is 30.7 Å². The van der Waals surface area contributed by atoms with E-state index in [1.807, 2.05) is 6.92 Å². The molecule has 1 aromatic heterocycles. The number of nitro groups is 1. The fourth-order valence-electron chi connectivity index (χ4n) is 2.72. The van der Waals surface area contributed by atoms with Crippen LogP contribution in [0, 0.1) is 22.5 Å². The van der Waals surface area contributed by atoms with Crippen LogP contribution >= 0.6 is 0 Å². The normalized spacial score (nSPS) is 18.0. The number of rotatable bonds is 4. The first-order chi connectivity index (χ1) is 9.00. The highest BCUT2D eigenvalue weighted by atomic mass is 16.6. The summed E-state index contributed by atoms with van der Waals surface area (Å²) in [4.78, 5) is 14.4. The number of hydrogen-bond acceptors (Lipinski definition) is 4. The highest BCUT2D eigenvalue weighted by Crippen LogP contribution is 2.35. The van der Waals surface area contributed by atoms with Crippen molar-refractivity contribution in [1.29, 1.82) is 0 Å². The standard InChI is InChI=1S/C14H21N3O2/c1-11-8-12(17(18)19)9-15-13(11)16-10-14(2)6-4-3-5-7-14/h8-9H,3-7,10H2,1-2H3,(H,15,16). The van der Waals surface area contributed by atoms with E-state index in [4.69, 9.17) is 0 Å². The molecule has 0 aliphatic heterocycles. The Morgan fingerprint density at radius 2 is 2.11 bits per heavy atom. The molecule has 1 fully saturated rings. The topological polar surface area (TPSA) is 68.1 Å². The molecule has 0 saturated heterocycles. The Morgan fingerprint density at radius 3 is 2.68 bits per heavy atom. The van der Waals surface area contributed by atoms with E-state index in [0.717, 1.165) is 17.9 Å². The van der Waals surface area contributed by atoms with Gasteiger partial charge < -0.3 is 5.32 Å². The Labute approximate surface area is 113 Å². The van der Waals surface area contributed by atoms with E-state index < -0.39 is 4.92 Å². The quantitative estimate of drug-likeness (QED) is 0.664. The average Bonchev–Trinajstić information content (AvgIpc) is 2.38. The van der Waals surface area contributed by atoms with Gasteiger partial charge in [0.25, 0.3) is 5.69 Å². The van der Waals surface area contributed by atoms with Crippen LogP contribution in [0.4, 0.5) is 11.5 Å². The minimum Gasteiger partial charge on any atom is -0.369 e. The smallest absolute Gasteiger partial charge is 0.287 e. The fraction of sp³-hybridized carbons (Fsp3) is 0.643. The minimum absolute atomic E-state index is 0.0481. The highest BCUT2D eigenvalue weighted by molar-refractivity contribution is 5.48. The Hall–Kier alpha value is -1.65. The maximum absolute atomic E-state index is 10.7. The molecule has 5 nitrogen and oxygen atoms in total. The summed E-state index contributed by atoms with van der Waals surface area (Å²) in [6, 6.07) is 1.57. The van der Waals surface area contributed by atoms with Gasteiger partial charge in [0, 0.05) is 12.6 Å². The third kappa shape index (κ3) is 3.43. The van der Waals surface area contributed by atoms with E-state index in [1.165, 1.54) is 38.3 Å². The van der Waals surface area contributed by atoms with Gasteiger partial charge in [-0.1, -0.05) is 26.2 Å². The van der Waals surface area contributed by atoms with Crippen LogP contribution in [0.3, 0.4) is 0 Å². The third-order valence-corrected chi connectivity index (χ3v) is 4.02. The molecule has 0 aromatic carbocycles. The lowest BCUT2D eigenvalue weighted by atomic mass is 9.76.